The van der Waals surface area contributed by atoms with Gasteiger partial charge in [-0.1, -0.05) is 95.7 Å². The average molecular weight is 672 g/mol. The Morgan fingerprint density at radius 1 is 0.938 bits per heavy atom. The van der Waals surface area contributed by atoms with Gasteiger partial charge in [0.25, 0.3) is 11.5 Å². The predicted octanol–water partition coefficient (Wildman–Crippen LogP) is 7.27. The zero-order chi connectivity index (χ0) is 33.2. The number of amides is 1. The summed E-state index contributed by atoms with van der Waals surface area (Å²) in [4.78, 5) is 33.7. The number of rotatable bonds is 8. The normalized spacial score (nSPS) is 14.4. The third-order valence-corrected chi connectivity index (χ3v) is 9.48. The second-order valence-corrected chi connectivity index (χ2v) is 12.7. The number of thiazole rings is 1. The maximum Gasteiger partial charge on any atom is 0.271 e. The number of carbonyl (C=O) groups excluding carboxylic acids is 1. The molecule has 48 heavy (non-hydrogen) atoms. The van der Waals surface area contributed by atoms with Crippen molar-refractivity contribution >= 4 is 51.4 Å². The lowest BCUT2D eigenvalue weighted by Crippen LogP contribution is -2.40. The van der Waals surface area contributed by atoms with E-state index in [1.54, 1.807) is 18.6 Å². The SMILES string of the molecule is COc1ccc([C@H]2C(C(=O)Nc3ccccc3)=C(C)N=c3s/c(=C/c4c(OCc5ccc(Cl)cc5)ccc5ccccc45)c(=O)n32)cc1. The summed E-state index contributed by atoms with van der Waals surface area (Å²) in [6, 6.07) is 35.4. The van der Waals surface area contributed by atoms with Crippen molar-refractivity contribution in [3.05, 3.63) is 168 Å². The first-order valence-electron chi connectivity index (χ1n) is 15.3. The minimum Gasteiger partial charge on any atom is -0.497 e. The quantitative estimate of drug-likeness (QED) is 0.185. The summed E-state index contributed by atoms with van der Waals surface area (Å²) in [6.07, 6.45) is 1.87. The van der Waals surface area contributed by atoms with Crippen LogP contribution in [0.1, 0.15) is 29.7 Å². The number of ether oxygens (including phenoxy) is 2. The van der Waals surface area contributed by atoms with Gasteiger partial charge in [-0.05, 0) is 77.4 Å². The van der Waals surface area contributed by atoms with Crippen molar-refractivity contribution in [1.82, 2.24) is 4.57 Å². The zero-order valence-corrected chi connectivity index (χ0v) is 27.7. The molecule has 6 aromatic rings. The minimum absolute atomic E-state index is 0.256. The van der Waals surface area contributed by atoms with Gasteiger partial charge in [0.15, 0.2) is 4.80 Å². The van der Waals surface area contributed by atoms with E-state index in [2.05, 4.69) is 5.32 Å². The van der Waals surface area contributed by atoms with Gasteiger partial charge < -0.3 is 14.8 Å². The van der Waals surface area contributed by atoms with E-state index in [0.717, 1.165) is 27.5 Å². The molecular weight excluding hydrogens is 642 g/mol. The van der Waals surface area contributed by atoms with Gasteiger partial charge in [0.2, 0.25) is 0 Å². The number of para-hydroxylation sites is 1. The average Bonchev–Trinajstić information content (AvgIpc) is 3.42. The number of allylic oxidation sites excluding steroid dienone is 1. The third kappa shape index (κ3) is 6.15. The number of anilines is 1. The van der Waals surface area contributed by atoms with Crippen LogP contribution in [0.4, 0.5) is 5.69 Å². The number of nitrogens with zero attached hydrogens (tertiary/aromatic N) is 2. The Bertz CT molecular complexity index is 2360. The molecule has 1 atom stereocenters. The van der Waals surface area contributed by atoms with E-state index in [4.69, 9.17) is 26.1 Å². The molecule has 0 fully saturated rings. The number of aromatic nitrogens is 1. The van der Waals surface area contributed by atoms with E-state index in [-0.39, 0.29) is 11.5 Å². The number of hydrogen-bond acceptors (Lipinski definition) is 6. The van der Waals surface area contributed by atoms with Crippen molar-refractivity contribution in [2.45, 2.75) is 19.6 Å². The number of hydrogen-bond donors (Lipinski definition) is 1. The van der Waals surface area contributed by atoms with Crippen LogP contribution in [0.2, 0.25) is 5.02 Å². The van der Waals surface area contributed by atoms with Crippen molar-refractivity contribution < 1.29 is 14.3 Å². The van der Waals surface area contributed by atoms with Gasteiger partial charge >= 0.3 is 0 Å². The monoisotopic (exact) mass is 671 g/mol. The number of fused-ring (bicyclic) bond motifs is 2. The van der Waals surface area contributed by atoms with Crippen LogP contribution < -0.4 is 29.7 Å². The topological polar surface area (TPSA) is 81.9 Å². The highest BCUT2D eigenvalue weighted by atomic mass is 35.5. The van der Waals surface area contributed by atoms with Crippen LogP contribution >= 0.6 is 22.9 Å². The standard InChI is InChI=1S/C39H30ClN3O4S/c1-24-35(37(44)42-29-9-4-3-5-10-29)36(27-14-19-30(46-2)20-15-27)43-38(45)34(48-39(43)41-24)22-32-31-11-7-6-8-26(31)16-21-33(32)47-23-25-12-17-28(40)18-13-25/h3-22,36H,23H2,1-2H3,(H,42,44)/b34-22+/t36-/m0/s1. The third-order valence-electron chi connectivity index (χ3n) is 8.24. The Kier molecular flexibility index (Phi) is 8.67. The molecule has 0 aliphatic carbocycles. The van der Waals surface area contributed by atoms with Crippen molar-refractivity contribution in [3.8, 4) is 11.5 Å². The van der Waals surface area contributed by atoms with E-state index in [9.17, 15) is 9.59 Å². The maximum absolute atomic E-state index is 14.5. The second-order valence-electron chi connectivity index (χ2n) is 11.3. The zero-order valence-electron chi connectivity index (χ0n) is 26.1. The first kappa shape index (κ1) is 31.2. The van der Waals surface area contributed by atoms with Crippen LogP contribution in [-0.2, 0) is 11.4 Å². The Hall–Kier alpha value is -5.44. The highest BCUT2D eigenvalue weighted by Crippen LogP contribution is 2.33. The highest BCUT2D eigenvalue weighted by Gasteiger charge is 2.32. The first-order valence-corrected chi connectivity index (χ1v) is 16.5. The summed E-state index contributed by atoms with van der Waals surface area (Å²) >= 11 is 7.37. The number of benzene rings is 5. The molecule has 7 nitrogen and oxygen atoms in total. The molecule has 1 aliphatic rings. The fourth-order valence-corrected chi connectivity index (χ4v) is 7.01. The first-order chi connectivity index (χ1) is 23.4. The van der Waals surface area contributed by atoms with Gasteiger partial charge in [-0.25, -0.2) is 4.99 Å². The molecule has 0 radical (unpaired) electrons. The molecule has 0 unspecified atom stereocenters. The van der Waals surface area contributed by atoms with Gasteiger partial charge in [0.05, 0.1) is 29.0 Å². The van der Waals surface area contributed by atoms with Crippen molar-refractivity contribution in [2.75, 3.05) is 12.4 Å². The largest absolute Gasteiger partial charge is 0.497 e. The fourth-order valence-electron chi connectivity index (χ4n) is 5.86. The molecule has 1 N–H and O–H groups in total. The van der Waals surface area contributed by atoms with Crippen molar-refractivity contribution in [1.29, 1.82) is 0 Å². The Morgan fingerprint density at radius 2 is 1.67 bits per heavy atom. The lowest BCUT2D eigenvalue weighted by atomic mass is 9.95. The predicted molar refractivity (Wildman–Crippen MR) is 192 cm³/mol. The molecule has 2 heterocycles. The summed E-state index contributed by atoms with van der Waals surface area (Å²) in [5, 5.41) is 5.61. The van der Waals surface area contributed by atoms with E-state index < -0.39 is 6.04 Å². The maximum atomic E-state index is 14.5. The van der Waals surface area contributed by atoms with Crippen LogP contribution in [-0.4, -0.2) is 17.6 Å². The lowest BCUT2D eigenvalue weighted by molar-refractivity contribution is -0.113. The molecule has 1 aromatic heterocycles. The molecule has 9 heteroatoms. The molecule has 0 bridgehead atoms. The van der Waals surface area contributed by atoms with E-state index in [0.29, 0.717) is 49.4 Å². The Labute approximate surface area is 285 Å². The van der Waals surface area contributed by atoms with Crippen LogP contribution in [0.15, 0.2) is 136 Å². The summed E-state index contributed by atoms with van der Waals surface area (Å²) in [5.74, 6) is 0.981. The van der Waals surface area contributed by atoms with Gasteiger partial charge in [-0.3, -0.25) is 14.2 Å². The summed E-state index contributed by atoms with van der Waals surface area (Å²) in [7, 11) is 1.60. The van der Waals surface area contributed by atoms with Crippen molar-refractivity contribution in [2.24, 2.45) is 4.99 Å². The summed E-state index contributed by atoms with van der Waals surface area (Å²) in [6.45, 7) is 2.13. The van der Waals surface area contributed by atoms with Gasteiger partial charge in [0.1, 0.15) is 18.1 Å². The van der Waals surface area contributed by atoms with Crippen LogP contribution in [0.25, 0.3) is 16.8 Å². The van der Waals surface area contributed by atoms with Crippen LogP contribution in [0, 0.1) is 0 Å². The van der Waals surface area contributed by atoms with Crippen molar-refractivity contribution in [3.63, 3.8) is 0 Å². The Morgan fingerprint density at radius 3 is 2.42 bits per heavy atom. The molecule has 5 aromatic carbocycles. The van der Waals surface area contributed by atoms with E-state index >= 15 is 0 Å². The fraction of sp³-hybridized carbons (Fsp3) is 0.103. The molecule has 7 rings (SSSR count). The molecule has 1 amide bonds. The minimum atomic E-state index is -0.717. The molecule has 0 spiro atoms. The van der Waals surface area contributed by atoms with Gasteiger partial charge in [-0.2, -0.15) is 0 Å². The molecule has 0 saturated carbocycles. The molecule has 238 valence electrons. The Balaban J connectivity index is 1.37. The van der Waals surface area contributed by atoms with Gasteiger partial charge in [-0.15, -0.1) is 0 Å². The van der Waals surface area contributed by atoms with Crippen LogP contribution in [0.5, 0.6) is 11.5 Å². The number of carbonyl (C=O) groups is 1. The molecular formula is C39H30ClN3O4S. The van der Waals surface area contributed by atoms with E-state index in [1.807, 2.05) is 121 Å². The lowest BCUT2D eigenvalue weighted by Gasteiger charge is -2.25. The summed E-state index contributed by atoms with van der Waals surface area (Å²) in [5.41, 5.74) is 3.83. The number of methoxy groups -OCH3 is 1. The number of halogens is 1. The number of nitrogens with one attached hydrogen (secondary N) is 1. The second kappa shape index (κ2) is 13.4. The van der Waals surface area contributed by atoms with Gasteiger partial charge in [0, 0.05) is 16.3 Å². The van der Waals surface area contributed by atoms with E-state index in [1.165, 1.54) is 11.3 Å². The smallest absolute Gasteiger partial charge is 0.271 e. The molecule has 1 aliphatic heterocycles. The highest BCUT2D eigenvalue weighted by molar-refractivity contribution is 7.07. The molecule has 0 saturated heterocycles. The summed E-state index contributed by atoms with van der Waals surface area (Å²) < 4.78 is 13.8. The van der Waals surface area contributed by atoms with Crippen LogP contribution in [0.3, 0.4) is 0 Å².